The molecule has 0 saturated carbocycles. The van der Waals surface area contributed by atoms with Crippen LogP contribution in [0.1, 0.15) is 23.6 Å². The fraction of sp³-hybridized carbons (Fsp3) is 0.300. The molecule has 0 bridgehead atoms. The minimum Gasteiger partial charge on any atom is -0.481 e. The van der Waals surface area contributed by atoms with E-state index < -0.39 is 24.4 Å². The zero-order valence-electron chi connectivity index (χ0n) is 7.98. The number of hydrogen-bond donors (Lipinski definition) is 3. The second-order valence-corrected chi connectivity index (χ2v) is 3.21. The summed E-state index contributed by atoms with van der Waals surface area (Å²) < 4.78 is 13.0. The number of carboxylic acids is 1. The maximum atomic E-state index is 13.0. The Balaban J connectivity index is 2.90. The monoisotopic (exact) mass is 213 g/mol. The highest BCUT2D eigenvalue weighted by Crippen LogP contribution is 2.18. The molecule has 1 rings (SSSR count). The second-order valence-electron chi connectivity index (χ2n) is 3.21. The van der Waals surface area contributed by atoms with Crippen molar-refractivity contribution < 1.29 is 19.4 Å². The summed E-state index contributed by atoms with van der Waals surface area (Å²) in [6.07, 6.45) is -0.226. The van der Waals surface area contributed by atoms with E-state index >= 15 is 0 Å². The van der Waals surface area contributed by atoms with E-state index in [0.29, 0.717) is 5.56 Å². The van der Waals surface area contributed by atoms with Crippen molar-refractivity contribution in [2.45, 2.75) is 19.1 Å². The molecule has 5 heteroatoms. The van der Waals surface area contributed by atoms with E-state index in [1.165, 1.54) is 18.2 Å². The highest BCUT2D eigenvalue weighted by atomic mass is 19.1. The number of aliphatic carboxylic acids is 1. The third-order valence-electron chi connectivity index (χ3n) is 2.06. The Labute approximate surface area is 86.1 Å². The smallest absolute Gasteiger partial charge is 0.305 e. The standard InChI is InChI=1S/C10H12FNO3/c11-8-2-1-6(3-7(8)5-13)9(12)4-10(14)15/h1-3,9,13H,4-5,12H2,(H,14,15). The SMILES string of the molecule is NC(CC(=O)O)c1ccc(F)c(CO)c1. The molecule has 0 radical (unpaired) electrons. The zero-order chi connectivity index (χ0) is 11.4. The number of aliphatic hydroxyl groups is 1. The highest BCUT2D eigenvalue weighted by Gasteiger charge is 2.12. The molecule has 0 heterocycles. The van der Waals surface area contributed by atoms with Crippen molar-refractivity contribution in [1.29, 1.82) is 0 Å². The van der Waals surface area contributed by atoms with Crippen molar-refractivity contribution in [1.82, 2.24) is 0 Å². The third-order valence-corrected chi connectivity index (χ3v) is 2.06. The van der Waals surface area contributed by atoms with Crippen LogP contribution in [0.3, 0.4) is 0 Å². The van der Waals surface area contributed by atoms with Gasteiger partial charge in [0.05, 0.1) is 13.0 Å². The summed E-state index contributed by atoms with van der Waals surface area (Å²) in [5.41, 5.74) is 6.21. The number of carboxylic acid groups (broad SMARTS) is 1. The van der Waals surface area contributed by atoms with Crippen molar-refractivity contribution in [2.24, 2.45) is 5.73 Å². The van der Waals surface area contributed by atoms with Crippen LogP contribution in [0.2, 0.25) is 0 Å². The van der Waals surface area contributed by atoms with Crippen molar-refractivity contribution >= 4 is 5.97 Å². The van der Waals surface area contributed by atoms with E-state index in [2.05, 4.69) is 0 Å². The first kappa shape index (κ1) is 11.6. The van der Waals surface area contributed by atoms with Gasteiger partial charge in [-0.1, -0.05) is 6.07 Å². The Morgan fingerprint density at radius 3 is 2.73 bits per heavy atom. The van der Waals surface area contributed by atoms with Gasteiger partial charge in [0.15, 0.2) is 0 Å². The first-order chi connectivity index (χ1) is 7.04. The van der Waals surface area contributed by atoms with Gasteiger partial charge in [0, 0.05) is 11.6 Å². The lowest BCUT2D eigenvalue weighted by Gasteiger charge is -2.10. The maximum Gasteiger partial charge on any atom is 0.305 e. The van der Waals surface area contributed by atoms with Gasteiger partial charge in [0.1, 0.15) is 5.82 Å². The van der Waals surface area contributed by atoms with Crippen LogP contribution in [0.25, 0.3) is 0 Å². The van der Waals surface area contributed by atoms with Crippen LogP contribution in [-0.4, -0.2) is 16.2 Å². The minimum atomic E-state index is -1.02. The van der Waals surface area contributed by atoms with Gasteiger partial charge in [-0.2, -0.15) is 0 Å². The van der Waals surface area contributed by atoms with Gasteiger partial charge in [-0.05, 0) is 17.7 Å². The van der Waals surface area contributed by atoms with E-state index in [1.54, 1.807) is 0 Å². The van der Waals surface area contributed by atoms with Crippen LogP contribution in [0, 0.1) is 5.82 Å². The Hall–Kier alpha value is -1.46. The van der Waals surface area contributed by atoms with E-state index in [9.17, 15) is 9.18 Å². The summed E-state index contributed by atoms with van der Waals surface area (Å²) in [5, 5.41) is 17.3. The quantitative estimate of drug-likeness (QED) is 0.690. The summed E-state index contributed by atoms with van der Waals surface area (Å²) in [6, 6.07) is 3.28. The van der Waals surface area contributed by atoms with Crippen LogP contribution in [0.4, 0.5) is 4.39 Å². The molecule has 0 saturated heterocycles. The second kappa shape index (κ2) is 4.86. The van der Waals surface area contributed by atoms with Gasteiger partial charge in [-0.15, -0.1) is 0 Å². The van der Waals surface area contributed by atoms with Crippen molar-refractivity contribution in [3.05, 3.63) is 35.1 Å². The lowest BCUT2D eigenvalue weighted by atomic mass is 10.0. The number of rotatable bonds is 4. The molecule has 0 aromatic heterocycles. The topological polar surface area (TPSA) is 83.6 Å². The van der Waals surface area contributed by atoms with Crippen LogP contribution in [-0.2, 0) is 11.4 Å². The van der Waals surface area contributed by atoms with E-state index in [4.69, 9.17) is 15.9 Å². The lowest BCUT2D eigenvalue weighted by Crippen LogP contribution is -2.15. The molecule has 1 atom stereocenters. The fourth-order valence-electron chi connectivity index (χ4n) is 1.25. The predicted octanol–water partition coefficient (Wildman–Crippen LogP) is 0.792. The molecular formula is C10H12FNO3. The number of carbonyl (C=O) groups is 1. The van der Waals surface area contributed by atoms with Crippen LogP contribution < -0.4 is 5.73 Å². The molecule has 0 aliphatic carbocycles. The average molecular weight is 213 g/mol. The maximum absolute atomic E-state index is 13.0. The van der Waals surface area contributed by atoms with E-state index in [1.807, 2.05) is 0 Å². The lowest BCUT2D eigenvalue weighted by molar-refractivity contribution is -0.137. The summed E-state index contributed by atoms with van der Waals surface area (Å²) in [6.45, 7) is -0.431. The Bertz CT molecular complexity index is 368. The normalized spacial score (nSPS) is 12.5. The van der Waals surface area contributed by atoms with Crippen molar-refractivity contribution in [3.8, 4) is 0 Å². The van der Waals surface area contributed by atoms with Gasteiger partial charge in [0.2, 0.25) is 0 Å². The molecule has 0 fully saturated rings. The molecule has 0 spiro atoms. The Morgan fingerprint density at radius 2 is 2.20 bits per heavy atom. The summed E-state index contributed by atoms with van der Waals surface area (Å²) in [7, 11) is 0. The fourth-order valence-corrected chi connectivity index (χ4v) is 1.25. The number of aliphatic hydroxyl groups excluding tert-OH is 1. The van der Waals surface area contributed by atoms with Crippen molar-refractivity contribution in [3.63, 3.8) is 0 Å². The molecule has 82 valence electrons. The number of benzene rings is 1. The van der Waals surface area contributed by atoms with Gasteiger partial charge >= 0.3 is 5.97 Å². The number of halogens is 1. The third kappa shape index (κ3) is 3.00. The molecular weight excluding hydrogens is 201 g/mol. The molecule has 1 aromatic rings. The molecule has 1 aromatic carbocycles. The zero-order valence-corrected chi connectivity index (χ0v) is 7.98. The summed E-state index contributed by atoms with van der Waals surface area (Å²) in [5.74, 6) is -1.54. The molecule has 4 N–H and O–H groups in total. The Kier molecular flexibility index (Phi) is 3.76. The number of nitrogens with two attached hydrogens (primary N) is 1. The van der Waals surface area contributed by atoms with Gasteiger partial charge in [0.25, 0.3) is 0 Å². The van der Waals surface area contributed by atoms with Gasteiger partial charge < -0.3 is 15.9 Å². The van der Waals surface area contributed by atoms with E-state index in [-0.39, 0.29) is 12.0 Å². The minimum absolute atomic E-state index is 0.119. The van der Waals surface area contributed by atoms with Gasteiger partial charge in [-0.3, -0.25) is 4.79 Å². The molecule has 4 nitrogen and oxygen atoms in total. The number of hydrogen-bond acceptors (Lipinski definition) is 3. The largest absolute Gasteiger partial charge is 0.481 e. The summed E-state index contributed by atoms with van der Waals surface area (Å²) >= 11 is 0. The van der Waals surface area contributed by atoms with Crippen molar-refractivity contribution in [2.75, 3.05) is 0 Å². The Morgan fingerprint density at radius 1 is 1.53 bits per heavy atom. The van der Waals surface area contributed by atoms with E-state index in [0.717, 1.165) is 0 Å². The first-order valence-electron chi connectivity index (χ1n) is 4.41. The molecule has 0 aliphatic rings. The molecule has 0 aliphatic heterocycles. The van der Waals surface area contributed by atoms with Crippen LogP contribution >= 0.6 is 0 Å². The van der Waals surface area contributed by atoms with Crippen LogP contribution in [0.15, 0.2) is 18.2 Å². The van der Waals surface area contributed by atoms with Gasteiger partial charge in [-0.25, -0.2) is 4.39 Å². The summed E-state index contributed by atoms with van der Waals surface area (Å²) in [4.78, 5) is 10.4. The van der Waals surface area contributed by atoms with Crippen LogP contribution in [0.5, 0.6) is 0 Å². The molecule has 15 heavy (non-hydrogen) atoms. The predicted molar refractivity (Wildman–Crippen MR) is 51.5 cm³/mol. The highest BCUT2D eigenvalue weighted by molar-refractivity contribution is 5.67. The first-order valence-corrected chi connectivity index (χ1v) is 4.41. The average Bonchev–Trinajstić information content (AvgIpc) is 2.17. The molecule has 0 amide bonds. The molecule has 1 unspecified atom stereocenters.